The van der Waals surface area contributed by atoms with Crippen LogP contribution in [0.5, 0.6) is 5.75 Å². The summed E-state index contributed by atoms with van der Waals surface area (Å²) in [6, 6.07) is 3.53. The second-order valence-corrected chi connectivity index (χ2v) is 4.92. The average Bonchev–Trinajstić information content (AvgIpc) is 2.82. The molecule has 0 aliphatic carbocycles. The predicted molar refractivity (Wildman–Crippen MR) is 75.3 cm³/mol. The molecule has 20 heavy (non-hydrogen) atoms. The zero-order valence-electron chi connectivity index (χ0n) is 11.9. The van der Waals surface area contributed by atoms with Crippen LogP contribution in [0, 0.1) is 6.92 Å². The molecule has 4 nitrogen and oxygen atoms in total. The van der Waals surface area contributed by atoms with Crippen molar-refractivity contribution in [1.82, 2.24) is 0 Å². The summed E-state index contributed by atoms with van der Waals surface area (Å²) >= 11 is 0. The molecule has 0 saturated heterocycles. The lowest BCUT2D eigenvalue weighted by molar-refractivity contribution is -0.144. The summed E-state index contributed by atoms with van der Waals surface area (Å²) in [5, 5.41) is 9.00. The van der Waals surface area contributed by atoms with Crippen LogP contribution in [0.3, 0.4) is 0 Å². The number of aryl methyl sites for hydroxylation is 1. The van der Waals surface area contributed by atoms with Gasteiger partial charge in [0, 0.05) is 12.0 Å². The number of carboxylic acid groups (broad SMARTS) is 1. The van der Waals surface area contributed by atoms with Crippen molar-refractivity contribution in [2.45, 2.75) is 39.7 Å². The highest BCUT2D eigenvalue weighted by Gasteiger charge is 2.30. The third-order valence-electron chi connectivity index (χ3n) is 3.62. The van der Waals surface area contributed by atoms with E-state index in [9.17, 15) is 9.59 Å². The summed E-state index contributed by atoms with van der Waals surface area (Å²) < 4.78 is 5.37. The molecule has 0 aromatic heterocycles. The summed E-state index contributed by atoms with van der Waals surface area (Å²) in [4.78, 5) is 23.4. The second kappa shape index (κ2) is 5.49. The molecule has 1 aromatic rings. The fourth-order valence-corrected chi connectivity index (χ4v) is 2.44. The molecule has 0 fully saturated rings. The lowest BCUT2D eigenvalue weighted by Crippen LogP contribution is -2.24. The average molecular weight is 274 g/mol. The minimum Gasteiger partial charge on any atom is -0.478 e. The van der Waals surface area contributed by atoms with Crippen molar-refractivity contribution in [1.29, 1.82) is 0 Å². The van der Waals surface area contributed by atoms with E-state index in [1.807, 2.05) is 26.8 Å². The number of fused-ring (bicyclic) bond motifs is 1. The number of carbonyl (C=O) groups excluding carboxylic acids is 1. The Morgan fingerprint density at radius 3 is 2.70 bits per heavy atom. The van der Waals surface area contributed by atoms with E-state index < -0.39 is 12.1 Å². The fourth-order valence-electron chi connectivity index (χ4n) is 2.44. The quantitative estimate of drug-likeness (QED) is 0.677. The Kier molecular flexibility index (Phi) is 3.93. The Labute approximate surface area is 118 Å². The number of hydrogen-bond donors (Lipinski definition) is 1. The van der Waals surface area contributed by atoms with Crippen molar-refractivity contribution in [3.05, 3.63) is 40.5 Å². The Bertz CT molecular complexity index is 599. The molecule has 1 aliphatic heterocycles. The fraction of sp³-hybridized carbons (Fsp3) is 0.375. The molecule has 1 unspecified atom stereocenters. The first-order valence-electron chi connectivity index (χ1n) is 6.70. The zero-order valence-corrected chi connectivity index (χ0v) is 11.9. The van der Waals surface area contributed by atoms with Gasteiger partial charge in [-0.25, -0.2) is 4.79 Å². The number of aliphatic carboxylic acids is 1. The lowest BCUT2D eigenvalue weighted by Gasteiger charge is -2.09. The van der Waals surface area contributed by atoms with E-state index in [-0.39, 0.29) is 5.78 Å². The highest BCUT2D eigenvalue weighted by atomic mass is 16.5. The largest absolute Gasteiger partial charge is 0.478 e. The molecule has 0 bridgehead atoms. The molecule has 0 amide bonds. The van der Waals surface area contributed by atoms with E-state index in [4.69, 9.17) is 9.84 Å². The van der Waals surface area contributed by atoms with Crippen molar-refractivity contribution in [2.75, 3.05) is 0 Å². The van der Waals surface area contributed by atoms with E-state index in [0.29, 0.717) is 24.2 Å². The molecule has 2 rings (SSSR count). The highest BCUT2D eigenvalue weighted by molar-refractivity contribution is 6.09. The molecule has 1 aliphatic rings. The van der Waals surface area contributed by atoms with Gasteiger partial charge in [0.05, 0.1) is 0 Å². The molecule has 1 N–H and O–H groups in total. The van der Waals surface area contributed by atoms with Gasteiger partial charge in [-0.05, 0) is 49.1 Å². The maximum atomic E-state index is 12.4. The van der Waals surface area contributed by atoms with Gasteiger partial charge in [0.15, 0.2) is 11.9 Å². The van der Waals surface area contributed by atoms with Crippen molar-refractivity contribution < 1.29 is 19.4 Å². The molecular weight excluding hydrogens is 256 g/mol. The SMILES string of the molecule is C/C=C(/CC)C(=O)c1cc2c(cc1C)OC(C(=O)O)C2. The first-order valence-corrected chi connectivity index (χ1v) is 6.70. The highest BCUT2D eigenvalue weighted by Crippen LogP contribution is 2.32. The Hall–Kier alpha value is -2.10. The Morgan fingerprint density at radius 2 is 2.15 bits per heavy atom. The van der Waals surface area contributed by atoms with Crippen molar-refractivity contribution in [2.24, 2.45) is 0 Å². The molecule has 0 saturated carbocycles. The molecule has 1 atom stereocenters. The standard InChI is InChI=1S/C16H18O4/c1-4-10(5-2)15(17)12-7-11-8-14(16(18)19)20-13(11)6-9(12)3/h4,6-7,14H,5,8H2,1-3H3,(H,18,19)/b10-4-. The van der Waals surface area contributed by atoms with E-state index in [0.717, 1.165) is 16.7 Å². The maximum absolute atomic E-state index is 12.4. The van der Waals surface area contributed by atoms with Crippen LogP contribution in [0.4, 0.5) is 0 Å². The van der Waals surface area contributed by atoms with Crippen LogP contribution in [-0.2, 0) is 11.2 Å². The van der Waals surface area contributed by atoms with Crippen LogP contribution in [-0.4, -0.2) is 23.0 Å². The Balaban J connectivity index is 2.38. The number of ether oxygens (including phenoxy) is 1. The third-order valence-corrected chi connectivity index (χ3v) is 3.62. The van der Waals surface area contributed by atoms with Crippen LogP contribution >= 0.6 is 0 Å². The van der Waals surface area contributed by atoms with Gasteiger partial charge < -0.3 is 9.84 Å². The van der Waals surface area contributed by atoms with Gasteiger partial charge in [-0.3, -0.25) is 4.79 Å². The number of benzene rings is 1. The summed E-state index contributed by atoms with van der Waals surface area (Å²) in [7, 11) is 0. The topological polar surface area (TPSA) is 63.6 Å². The number of rotatable bonds is 4. The van der Waals surface area contributed by atoms with Crippen LogP contribution < -0.4 is 4.74 Å². The molecule has 106 valence electrons. The summed E-state index contributed by atoms with van der Waals surface area (Å²) in [6.45, 7) is 5.64. The second-order valence-electron chi connectivity index (χ2n) is 4.92. The summed E-state index contributed by atoms with van der Waals surface area (Å²) in [5.41, 5.74) is 3.00. The van der Waals surface area contributed by atoms with E-state index >= 15 is 0 Å². The molecule has 0 spiro atoms. The van der Waals surface area contributed by atoms with Crippen LogP contribution in [0.25, 0.3) is 0 Å². The molecule has 1 heterocycles. The minimum atomic E-state index is -0.977. The van der Waals surface area contributed by atoms with Gasteiger partial charge in [-0.1, -0.05) is 13.0 Å². The van der Waals surface area contributed by atoms with Gasteiger partial charge >= 0.3 is 5.97 Å². The maximum Gasteiger partial charge on any atom is 0.345 e. The van der Waals surface area contributed by atoms with Crippen molar-refractivity contribution in [3.63, 3.8) is 0 Å². The van der Waals surface area contributed by atoms with Crippen molar-refractivity contribution in [3.8, 4) is 5.75 Å². The predicted octanol–water partition coefficient (Wildman–Crippen LogP) is 2.92. The number of hydrogen-bond acceptors (Lipinski definition) is 3. The van der Waals surface area contributed by atoms with E-state index in [1.54, 1.807) is 12.1 Å². The van der Waals surface area contributed by atoms with Gasteiger partial charge in [0.1, 0.15) is 5.75 Å². The molecular formula is C16H18O4. The smallest absolute Gasteiger partial charge is 0.345 e. The Morgan fingerprint density at radius 1 is 1.45 bits per heavy atom. The first kappa shape index (κ1) is 14.3. The van der Waals surface area contributed by atoms with Gasteiger partial charge in [0.2, 0.25) is 0 Å². The molecule has 1 aromatic carbocycles. The normalized spacial score (nSPS) is 17.6. The van der Waals surface area contributed by atoms with Crippen LogP contribution in [0.2, 0.25) is 0 Å². The van der Waals surface area contributed by atoms with E-state index in [2.05, 4.69) is 0 Å². The number of Topliss-reactive ketones (excluding diaryl/α,β-unsaturated/α-hetero) is 1. The molecule has 4 heteroatoms. The zero-order chi connectivity index (χ0) is 14.9. The van der Waals surface area contributed by atoms with Crippen molar-refractivity contribution >= 4 is 11.8 Å². The third kappa shape index (κ3) is 2.46. The monoisotopic (exact) mass is 274 g/mol. The number of carbonyl (C=O) groups is 2. The van der Waals surface area contributed by atoms with E-state index in [1.165, 1.54) is 0 Å². The number of allylic oxidation sites excluding steroid dienone is 2. The van der Waals surface area contributed by atoms with Crippen LogP contribution in [0.1, 0.15) is 41.8 Å². The minimum absolute atomic E-state index is 0.00840. The van der Waals surface area contributed by atoms with Gasteiger partial charge in [-0.15, -0.1) is 0 Å². The van der Waals surface area contributed by atoms with Gasteiger partial charge in [0.25, 0.3) is 0 Å². The van der Waals surface area contributed by atoms with Gasteiger partial charge in [-0.2, -0.15) is 0 Å². The number of ketones is 1. The van der Waals surface area contributed by atoms with Crippen LogP contribution in [0.15, 0.2) is 23.8 Å². The number of carboxylic acids is 1. The summed E-state index contributed by atoms with van der Waals surface area (Å²) in [6.07, 6.45) is 1.97. The molecule has 0 radical (unpaired) electrons. The first-order chi connectivity index (χ1) is 9.47. The summed E-state index contributed by atoms with van der Waals surface area (Å²) in [5.74, 6) is -0.395. The lowest BCUT2D eigenvalue weighted by atomic mass is 9.94.